The molecule has 1 nitrogen and oxygen atoms in total. The highest BCUT2D eigenvalue weighted by molar-refractivity contribution is 9.09. The summed E-state index contributed by atoms with van der Waals surface area (Å²) in [6.45, 7) is 6.59. The maximum atomic E-state index is 5.45. The second-order valence-corrected chi connectivity index (χ2v) is 5.30. The van der Waals surface area contributed by atoms with Gasteiger partial charge < -0.3 is 4.74 Å². The summed E-state index contributed by atoms with van der Waals surface area (Å²) in [6, 6.07) is 6.33. The molecule has 1 aromatic rings. The van der Waals surface area contributed by atoms with Gasteiger partial charge in [0.1, 0.15) is 5.75 Å². The molecule has 15 heavy (non-hydrogen) atoms. The van der Waals surface area contributed by atoms with E-state index >= 15 is 0 Å². The number of halogens is 1. The van der Waals surface area contributed by atoms with E-state index in [0.29, 0.717) is 0 Å². The number of rotatable bonds is 4. The number of hydrogen-bond acceptors (Lipinski definition) is 1. The standard InChI is InChI=1S/C13H19BrO/c1-10-6-5-7-11(12(10)15-4)8-13(2,3)9-14/h5-7H,8-9H2,1-4H3. The number of alkyl halides is 1. The van der Waals surface area contributed by atoms with E-state index in [0.717, 1.165) is 17.5 Å². The lowest BCUT2D eigenvalue weighted by Crippen LogP contribution is -2.17. The van der Waals surface area contributed by atoms with Crippen molar-refractivity contribution in [3.05, 3.63) is 29.3 Å². The Hall–Kier alpha value is -0.500. The van der Waals surface area contributed by atoms with Crippen molar-refractivity contribution in [3.8, 4) is 5.75 Å². The van der Waals surface area contributed by atoms with Crippen LogP contribution in [-0.2, 0) is 6.42 Å². The van der Waals surface area contributed by atoms with E-state index in [1.54, 1.807) is 7.11 Å². The van der Waals surface area contributed by atoms with E-state index in [9.17, 15) is 0 Å². The zero-order chi connectivity index (χ0) is 11.5. The number of ether oxygens (including phenoxy) is 1. The largest absolute Gasteiger partial charge is 0.496 e. The molecule has 0 saturated carbocycles. The normalized spacial score (nSPS) is 11.5. The molecular weight excluding hydrogens is 252 g/mol. The van der Waals surface area contributed by atoms with Crippen molar-refractivity contribution in [1.29, 1.82) is 0 Å². The first-order chi connectivity index (χ1) is 7.00. The summed E-state index contributed by atoms with van der Waals surface area (Å²) in [5.74, 6) is 1.03. The lowest BCUT2D eigenvalue weighted by Gasteiger charge is -2.23. The monoisotopic (exact) mass is 270 g/mol. The highest BCUT2D eigenvalue weighted by Gasteiger charge is 2.19. The lowest BCUT2D eigenvalue weighted by molar-refractivity contribution is 0.382. The lowest BCUT2D eigenvalue weighted by atomic mass is 9.87. The Kier molecular flexibility index (Phi) is 4.21. The Balaban J connectivity index is 2.99. The van der Waals surface area contributed by atoms with Gasteiger partial charge in [-0.1, -0.05) is 48.0 Å². The van der Waals surface area contributed by atoms with Crippen molar-refractivity contribution >= 4 is 15.9 Å². The highest BCUT2D eigenvalue weighted by Crippen LogP contribution is 2.31. The minimum atomic E-state index is 0.265. The second kappa shape index (κ2) is 5.02. The molecule has 2 heteroatoms. The number of methoxy groups -OCH3 is 1. The molecule has 0 aliphatic carbocycles. The smallest absolute Gasteiger partial charge is 0.124 e. The molecule has 0 fully saturated rings. The van der Waals surface area contributed by atoms with Gasteiger partial charge in [-0.05, 0) is 29.9 Å². The first kappa shape index (κ1) is 12.6. The van der Waals surface area contributed by atoms with Crippen LogP contribution < -0.4 is 4.74 Å². The average Bonchev–Trinajstić information content (AvgIpc) is 2.18. The van der Waals surface area contributed by atoms with Crippen molar-refractivity contribution < 1.29 is 4.74 Å². The Labute approximate surface area is 101 Å². The van der Waals surface area contributed by atoms with Gasteiger partial charge in [-0.3, -0.25) is 0 Å². The van der Waals surface area contributed by atoms with Crippen molar-refractivity contribution in [2.45, 2.75) is 27.2 Å². The molecule has 0 N–H and O–H groups in total. The summed E-state index contributed by atoms with van der Waals surface area (Å²) < 4.78 is 5.45. The van der Waals surface area contributed by atoms with E-state index in [1.165, 1.54) is 11.1 Å². The van der Waals surface area contributed by atoms with Gasteiger partial charge in [0.2, 0.25) is 0 Å². The van der Waals surface area contributed by atoms with Crippen LogP contribution >= 0.6 is 15.9 Å². The van der Waals surface area contributed by atoms with Crippen molar-refractivity contribution in [2.75, 3.05) is 12.4 Å². The zero-order valence-electron chi connectivity index (χ0n) is 9.93. The van der Waals surface area contributed by atoms with Crippen molar-refractivity contribution in [2.24, 2.45) is 5.41 Å². The van der Waals surface area contributed by atoms with Crippen LogP contribution in [0.3, 0.4) is 0 Å². The Morgan fingerprint density at radius 3 is 2.53 bits per heavy atom. The Morgan fingerprint density at radius 2 is 2.00 bits per heavy atom. The molecule has 0 heterocycles. The fourth-order valence-corrected chi connectivity index (χ4v) is 1.91. The van der Waals surface area contributed by atoms with Crippen LogP contribution in [-0.4, -0.2) is 12.4 Å². The summed E-state index contributed by atoms with van der Waals surface area (Å²) in [5, 5.41) is 0.997. The highest BCUT2D eigenvalue weighted by atomic mass is 79.9. The van der Waals surface area contributed by atoms with Gasteiger partial charge in [-0.15, -0.1) is 0 Å². The summed E-state index contributed by atoms with van der Waals surface area (Å²) in [4.78, 5) is 0. The molecule has 0 amide bonds. The van der Waals surface area contributed by atoms with Gasteiger partial charge >= 0.3 is 0 Å². The van der Waals surface area contributed by atoms with Gasteiger partial charge in [-0.2, -0.15) is 0 Å². The quantitative estimate of drug-likeness (QED) is 0.753. The molecule has 0 unspecified atom stereocenters. The third-order valence-electron chi connectivity index (χ3n) is 2.53. The Morgan fingerprint density at radius 1 is 1.33 bits per heavy atom. The van der Waals surface area contributed by atoms with Crippen molar-refractivity contribution in [3.63, 3.8) is 0 Å². The topological polar surface area (TPSA) is 9.23 Å². The Bertz CT molecular complexity index is 331. The fraction of sp³-hybridized carbons (Fsp3) is 0.538. The number of para-hydroxylation sites is 1. The molecule has 84 valence electrons. The molecule has 0 aliphatic heterocycles. The van der Waals surface area contributed by atoms with Crippen LogP contribution in [0, 0.1) is 12.3 Å². The van der Waals surface area contributed by atoms with Crippen LogP contribution in [0.2, 0.25) is 0 Å². The molecule has 0 spiro atoms. The molecule has 0 radical (unpaired) electrons. The first-order valence-corrected chi connectivity index (χ1v) is 6.31. The molecule has 0 saturated heterocycles. The maximum absolute atomic E-state index is 5.45. The van der Waals surface area contributed by atoms with E-state index in [2.05, 4.69) is 54.9 Å². The predicted octanol–water partition coefficient (Wildman–Crippen LogP) is 3.97. The molecule has 0 bridgehead atoms. The van der Waals surface area contributed by atoms with E-state index in [1.807, 2.05) is 0 Å². The van der Waals surface area contributed by atoms with Gasteiger partial charge in [0, 0.05) is 5.33 Å². The minimum absolute atomic E-state index is 0.265. The zero-order valence-corrected chi connectivity index (χ0v) is 11.5. The molecule has 1 aromatic carbocycles. The average molecular weight is 271 g/mol. The summed E-state index contributed by atoms with van der Waals surface area (Å²) in [5.41, 5.74) is 2.77. The molecule has 0 atom stereocenters. The van der Waals surface area contributed by atoms with Gasteiger partial charge in [-0.25, -0.2) is 0 Å². The number of benzene rings is 1. The van der Waals surface area contributed by atoms with Gasteiger partial charge in [0.05, 0.1) is 7.11 Å². The SMILES string of the molecule is COc1c(C)cccc1CC(C)(C)CBr. The second-order valence-electron chi connectivity index (χ2n) is 4.74. The summed E-state index contributed by atoms with van der Waals surface area (Å²) >= 11 is 3.55. The number of aryl methyl sites for hydroxylation is 1. The first-order valence-electron chi connectivity index (χ1n) is 5.18. The van der Waals surface area contributed by atoms with Crippen LogP contribution in [0.15, 0.2) is 18.2 Å². The molecule has 1 rings (SSSR count). The molecule has 0 aliphatic rings. The maximum Gasteiger partial charge on any atom is 0.124 e. The summed E-state index contributed by atoms with van der Waals surface area (Å²) in [7, 11) is 1.74. The molecular formula is C13H19BrO. The van der Waals surface area contributed by atoms with Gasteiger partial charge in [0.15, 0.2) is 0 Å². The van der Waals surface area contributed by atoms with E-state index < -0.39 is 0 Å². The van der Waals surface area contributed by atoms with Crippen molar-refractivity contribution in [1.82, 2.24) is 0 Å². The third kappa shape index (κ3) is 3.23. The predicted molar refractivity (Wildman–Crippen MR) is 69.0 cm³/mol. The van der Waals surface area contributed by atoms with Crippen LogP contribution in [0.5, 0.6) is 5.75 Å². The van der Waals surface area contributed by atoms with Crippen LogP contribution in [0.1, 0.15) is 25.0 Å². The third-order valence-corrected chi connectivity index (χ3v) is 4.05. The van der Waals surface area contributed by atoms with E-state index in [4.69, 9.17) is 4.74 Å². The minimum Gasteiger partial charge on any atom is -0.496 e. The fourth-order valence-electron chi connectivity index (χ4n) is 1.71. The van der Waals surface area contributed by atoms with Crippen LogP contribution in [0.25, 0.3) is 0 Å². The molecule has 0 aromatic heterocycles. The summed E-state index contributed by atoms with van der Waals surface area (Å²) in [6.07, 6.45) is 1.03. The van der Waals surface area contributed by atoms with Gasteiger partial charge in [0.25, 0.3) is 0 Å². The van der Waals surface area contributed by atoms with Crippen LogP contribution in [0.4, 0.5) is 0 Å². The number of hydrogen-bond donors (Lipinski definition) is 0. The van der Waals surface area contributed by atoms with E-state index in [-0.39, 0.29) is 5.41 Å².